The molecular weight excluding hydrogens is 334 g/mol. The highest BCUT2D eigenvalue weighted by molar-refractivity contribution is 7.99. The summed E-state index contributed by atoms with van der Waals surface area (Å²) in [6.45, 7) is 2.18. The van der Waals surface area contributed by atoms with Crippen molar-refractivity contribution in [2.45, 2.75) is 18.6 Å². The van der Waals surface area contributed by atoms with Crippen molar-refractivity contribution in [1.29, 1.82) is 0 Å². The Morgan fingerprint density at radius 1 is 1.08 bits per heavy atom. The summed E-state index contributed by atoms with van der Waals surface area (Å²) in [7, 11) is 0. The molecule has 1 heterocycles. The number of thioether (sulfide) groups is 1. The van der Waals surface area contributed by atoms with Gasteiger partial charge in [0.05, 0.1) is 11.7 Å². The molecule has 1 aliphatic rings. The minimum absolute atomic E-state index is 0.144. The second-order valence-electron chi connectivity index (χ2n) is 6.06. The molecule has 2 aromatic carbocycles. The Labute approximate surface area is 151 Å². The lowest BCUT2D eigenvalue weighted by Gasteiger charge is -2.14. The summed E-state index contributed by atoms with van der Waals surface area (Å²) in [5.74, 6) is -1.13. The first kappa shape index (κ1) is 17.4. The number of likely N-dealkylation sites (tertiary alicyclic amines) is 1. The van der Waals surface area contributed by atoms with Crippen LogP contribution in [0.5, 0.6) is 0 Å². The molecule has 2 aromatic rings. The van der Waals surface area contributed by atoms with Gasteiger partial charge in [-0.15, -0.1) is 11.8 Å². The molecule has 25 heavy (non-hydrogen) atoms. The normalized spacial score (nSPS) is 17.2. The number of imide groups is 1. The zero-order valence-corrected chi connectivity index (χ0v) is 14.8. The van der Waals surface area contributed by atoms with Crippen molar-refractivity contribution in [3.63, 3.8) is 0 Å². The monoisotopic (exact) mass is 353 g/mol. The summed E-state index contributed by atoms with van der Waals surface area (Å²) < 4.78 is 0. The molecule has 3 rings (SSSR count). The number of carbonyl (C=O) groups excluding carboxylic acids is 3. The molecule has 5 heteroatoms. The van der Waals surface area contributed by atoms with Crippen molar-refractivity contribution in [3.05, 3.63) is 71.3 Å². The van der Waals surface area contributed by atoms with Gasteiger partial charge >= 0.3 is 0 Å². The van der Waals surface area contributed by atoms with Gasteiger partial charge in [-0.25, -0.2) is 0 Å². The van der Waals surface area contributed by atoms with Crippen molar-refractivity contribution in [3.8, 4) is 0 Å². The molecule has 0 unspecified atom stereocenters. The van der Waals surface area contributed by atoms with Gasteiger partial charge in [-0.05, 0) is 23.6 Å². The van der Waals surface area contributed by atoms with E-state index in [1.807, 2.05) is 61.5 Å². The van der Waals surface area contributed by atoms with E-state index in [1.165, 1.54) is 22.9 Å². The summed E-state index contributed by atoms with van der Waals surface area (Å²) in [6.07, 6.45) is 0. The van der Waals surface area contributed by atoms with E-state index >= 15 is 0 Å². The molecule has 0 aromatic heterocycles. The number of benzene rings is 2. The van der Waals surface area contributed by atoms with Crippen LogP contribution in [0.1, 0.15) is 22.6 Å². The van der Waals surface area contributed by atoms with Crippen molar-refractivity contribution < 1.29 is 14.4 Å². The maximum absolute atomic E-state index is 12.4. The van der Waals surface area contributed by atoms with Crippen LogP contribution in [0.3, 0.4) is 0 Å². The van der Waals surface area contributed by atoms with E-state index in [0.29, 0.717) is 5.75 Å². The zero-order chi connectivity index (χ0) is 17.8. The highest BCUT2D eigenvalue weighted by Crippen LogP contribution is 2.26. The Morgan fingerprint density at radius 3 is 2.48 bits per heavy atom. The van der Waals surface area contributed by atoms with Gasteiger partial charge in [0.25, 0.3) is 5.91 Å². The minimum Gasteiger partial charge on any atom is -0.288 e. The van der Waals surface area contributed by atoms with E-state index in [2.05, 4.69) is 0 Å². The van der Waals surface area contributed by atoms with Crippen molar-refractivity contribution in [1.82, 2.24) is 4.90 Å². The number of ketones is 1. The van der Waals surface area contributed by atoms with Crippen LogP contribution in [0.25, 0.3) is 0 Å². The third-order valence-corrected chi connectivity index (χ3v) is 5.35. The lowest BCUT2D eigenvalue weighted by atomic mass is 9.97. The van der Waals surface area contributed by atoms with Crippen LogP contribution in [-0.4, -0.2) is 34.8 Å². The quantitative estimate of drug-likeness (QED) is 0.776. The van der Waals surface area contributed by atoms with E-state index < -0.39 is 17.6 Å². The zero-order valence-electron chi connectivity index (χ0n) is 14.0. The molecule has 1 atom stereocenters. The first-order valence-electron chi connectivity index (χ1n) is 8.13. The average molecular weight is 353 g/mol. The predicted octanol–water partition coefficient (Wildman–Crippen LogP) is 2.95. The van der Waals surface area contributed by atoms with Gasteiger partial charge in [-0.3, -0.25) is 19.3 Å². The van der Waals surface area contributed by atoms with Gasteiger partial charge in [0.1, 0.15) is 0 Å². The Morgan fingerprint density at radius 2 is 1.76 bits per heavy atom. The third kappa shape index (κ3) is 3.82. The molecular formula is C20H19NO3S. The molecule has 0 bridgehead atoms. The molecule has 0 radical (unpaired) electrons. The Bertz CT molecular complexity index is 804. The molecule has 0 aliphatic carbocycles. The fourth-order valence-electron chi connectivity index (χ4n) is 2.89. The Balaban J connectivity index is 1.60. The number of amides is 2. The highest BCUT2D eigenvalue weighted by Gasteiger charge is 2.42. The van der Waals surface area contributed by atoms with E-state index in [4.69, 9.17) is 0 Å². The lowest BCUT2D eigenvalue weighted by molar-refractivity contribution is -0.146. The van der Waals surface area contributed by atoms with Crippen molar-refractivity contribution >= 4 is 29.4 Å². The fraction of sp³-hybridized carbons (Fsp3) is 0.250. The van der Waals surface area contributed by atoms with Crippen LogP contribution in [0.2, 0.25) is 0 Å². The number of aryl methyl sites for hydroxylation is 1. The highest BCUT2D eigenvalue weighted by atomic mass is 32.2. The fourth-order valence-corrected chi connectivity index (χ4v) is 3.86. The van der Waals surface area contributed by atoms with Crippen LogP contribution in [0, 0.1) is 6.92 Å². The number of Topliss-reactive ketones (excluding diaryl/α,β-unsaturated/α-hetero) is 1. The molecule has 0 N–H and O–H groups in total. The molecule has 4 nitrogen and oxygen atoms in total. The molecule has 1 aliphatic heterocycles. The van der Waals surface area contributed by atoms with Gasteiger partial charge in [0.15, 0.2) is 0 Å². The number of hydrogen-bond acceptors (Lipinski definition) is 4. The second kappa shape index (κ2) is 7.66. The maximum atomic E-state index is 12.4. The van der Waals surface area contributed by atoms with Crippen molar-refractivity contribution in [2.75, 3.05) is 12.3 Å². The first-order valence-corrected chi connectivity index (χ1v) is 9.29. The smallest absolute Gasteiger partial charge is 0.288 e. The molecule has 1 fully saturated rings. The van der Waals surface area contributed by atoms with Gasteiger partial charge < -0.3 is 0 Å². The van der Waals surface area contributed by atoms with Crippen LogP contribution < -0.4 is 0 Å². The number of rotatable bonds is 5. The Kier molecular flexibility index (Phi) is 5.34. The minimum atomic E-state index is -0.685. The number of nitrogens with zero attached hydrogens (tertiary/aromatic N) is 1. The third-order valence-electron chi connectivity index (χ3n) is 4.38. The molecule has 0 saturated carbocycles. The standard InChI is InChI=1S/C20H19NO3S/c1-14-7-5-6-10-16(14)12-25-13-18(22)21-11-17(19(23)20(21)24)15-8-3-2-4-9-15/h2-10,17H,11-13H2,1H3/t17-/m1/s1. The summed E-state index contributed by atoms with van der Waals surface area (Å²) in [6, 6.07) is 17.2. The number of carbonyl (C=O) groups is 3. The molecule has 1 saturated heterocycles. The summed E-state index contributed by atoms with van der Waals surface area (Å²) >= 11 is 1.46. The largest absolute Gasteiger partial charge is 0.297 e. The summed E-state index contributed by atoms with van der Waals surface area (Å²) in [4.78, 5) is 37.9. The van der Waals surface area contributed by atoms with Gasteiger partial charge in [-0.2, -0.15) is 0 Å². The SMILES string of the molecule is Cc1ccccc1CSCC(=O)N1C[C@H](c2ccccc2)C(=O)C1=O. The van der Waals surface area contributed by atoms with E-state index in [0.717, 1.165) is 10.5 Å². The van der Waals surface area contributed by atoms with E-state index in [1.54, 1.807) is 0 Å². The Hall–Kier alpha value is -2.40. The van der Waals surface area contributed by atoms with E-state index in [-0.39, 0.29) is 18.2 Å². The first-order chi connectivity index (χ1) is 12.1. The van der Waals surface area contributed by atoms with Gasteiger partial charge in [0.2, 0.25) is 11.7 Å². The summed E-state index contributed by atoms with van der Waals surface area (Å²) in [5.41, 5.74) is 3.13. The van der Waals surface area contributed by atoms with Gasteiger partial charge in [0, 0.05) is 12.3 Å². The van der Waals surface area contributed by atoms with Gasteiger partial charge in [-0.1, -0.05) is 54.6 Å². The number of hydrogen-bond donors (Lipinski definition) is 0. The molecule has 128 valence electrons. The van der Waals surface area contributed by atoms with Crippen molar-refractivity contribution in [2.24, 2.45) is 0 Å². The van der Waals surface area contributed by atoms with Crippen LogP contribution in [0.15, 0.2) is 54.6 Å². The summed E-state index contributed by atoms with van der Waals surface area (Å²) in [5, 5.41) is 0. The average Bonchev–Trinajstić information content (AvgIpc) is 2.93. The van der Waals surface area contributed by atoms with Crippen LogP contribution in [-0.2, 0) is 20.1 Å². The predicted molar refractivity (Wildman–Crippen MR) is 98.3 cm³/mol. The molecule has 0 spiro atoms. The van der Waals surface area contributed by atoms with Crippen LogP contribution >= 0.6 is 11.8 Å². The van der Waals surface area contributed by atoms with Crippen LogP contribution in [0.4, 0.5) is 0 Å². The lowest BCUT2D eigenvalue weighted by Crippen LogP contribution is -2.35. The topological polar surface area (TPSA) is 54.5 Å². The second-order valence-corrected chi connectivity index (χ2v) is 7.04. The maximum Gasteiger partial charge on any atom is 0.297 e. The molecule has 2 amide bonds. The van der Waals surface area contributed by atoms with E-state index in [9.17, 15) is 14.4 Å².